The fraction of sp³-hybridized carbons (Fsp3) is 0.263. The number of pyridine rings is 2. The van der Waals surface area contributed by atoms with Crippen LogP contribution in [0.25, 0.3) is 77.1 Å². The van der Waals surface area contributed by atoms with Gasteiger partial charge < -0.3 is 14.4 Å². The molecule has 0 saturated carbocycles. The minimum atomic E-state index is -2.43. The zero-order valence-electron chi connectivity index (χ0n) is 42.4. The van der Waals surface area contributed by atoms with Gasteiger partial charge in [-0.25, -0.2) is 0 Å². The first-order valence-electron chi connectivity index (χ1n) is 24.0. The van der Waals surface area contributed by atoms with Gasteiger partial charge in [0.1, 0.15) is 5.58 Å². The molecule has 0 bridgehead atoms. The number of hydrogen-bond donors (Lipinski definition) is 0. The Kier molecular flexibility index (Phi) is 10.4. The number of aryl methyl sites for hydroxylation is 2. The zero-order chi connectivity index (χ0) is 47.5. The third kappa shape index (κ3) is 8.59. The Morgan fingerprint density at radius 1 is 0.639 bits per heavy atom. The third-order valence-electron chi connectivity index (χ3n) is 11.6. The van der Waals surface area contributed by atoms with Crippen LogP contribution >= 0.6 is 0 Å². The molecule has 311 valence electrons. The van der Waals surface area contributed by atoms with Crippen LogP contribution in [0.3, 0.4) is 0 Å². The molecule has 0 saturated heterocycles. The van der Waals surface area contributed by atoms with Gasteiger partial charge >= 0.3 is 0 Å². The van der Waals surface area contributed by atoms with Crippen LogP contribution in [-0.2, 0) is 25.5 Å². The Hall–Kier alpha value is -5.41. The normalized spacial score (nSPS) is 13.7. The Labute approximate surface area is 384 Å². The van der Waals surface area contributed by atoms with Gasteiger partial charge in [-0.3, -0.25) is 0 Å². The largest absolute Gasteiger partial charge is 0.501 e. The van der Waals surface area contributed by atoms with Gasteiger partial charge in [0.25, 0.3) is 0 Å². The van der Waals surface area contributed by atoms with Crippen molar-refractivity contribution in [1.82, 2.24) is 9.97 Å². The summed E-state index contributed by atoms with van der Waals surface area (Å²) in [7, 11) is 0. The van der Waals surface area contributed by atoms with Gasteiger partial charge in [0.05, 0.1) is 5.58 Å². The van der Waals surface area contributed by atoms with E-state index in [4.69, 9.17) is 17.6 Å². The minimum Gasteiger partial charge on any atom is -0.501 e. The smallest absolute Gasteiger partial charge is 0.121 e. The second-order valence-corrected chi connectivity index (χ2v) is 17.9. The van der Waals surface area contributed by atoms with E-state index in [1.165, 1.54) is 23.4 Å². The number of aromatic nitrogens is 2. The van der Waals surface area contributed by atoms with Crippen molar-refractivity contribution in [2.45, 2.75) is 99.2 Å². The van der Waals surface area contributed by atoms with Crippen LogP contribution < -0.4 is 0 Å². The molecule has 0 amide bonds. The summed E-state index contributed by atoms with van der Waals surface area (Å²) < 4.78 is 57.5. The van der Waals surface area contributed by atoms with Crippen LogP contribution in [-0.4, -0.2) is 9.97 Å². The average Bonchev–Trinajstić information content (AvgIpc) is 3.65. The molecule has 6 aromatic carbocycles. The molecule has 3 nitrogen and oxygen atoms in total. The fourth-order valence-electron chi connectivity index (χ4n) is 8.13. The van der Waals surface area contributed by atoms with E-state index in [2.05, 4.69) is 122 Å². The summed E-state index contributed by atoms with van der Waals surface area (Å²) in [6.45, 7) is 14.6. The quantitative estimate of drug-likeness (QED) is 0.123. The SMILES string of the molecule is CC(C)(C)c1ccc(-c2[c-]cccc2)nc1.[2H]C([2H])([2H])c1cnc(-c2[c-]cc(C([2H])([2H])[2H])c3c2oc2cc4c(ccc5ccccc54)cc23)cc1-c1c(C(C)C)cc(C(C)C)cc1C(C)C.[Ir]. The van der Waals surface area contributed by atoms with Gasteiger partial charge in [-0.1, -0.05) is 147 Å². The summed E-state index contributed by atoms with van der Waals surface area (Å²) in [5, 5.41) is 5.33. The molecule has 3 heterocycles. The molecule has 1 radical (unpaired) electrons. The second kappa shape index (κ2) is 17.5. The predicted molar refractivity (Wildman–Crippen MR) is 255 cm³/mol. The van der Waals surface area contributed by atoms with Crippen LogP contribution in [0.4, 0.5) is 0 Å². The number of rotatable bonds is 6. The Bertz CT molecular complexity index is 3200. The Morgan fingerprint density at radius 2 is 1.34 bits per heavy atom. The van der Waals surface area contributed by atoms with Crippen molar-refractivity contribution in [2.75, 3.05) is 0 Å². The fourth-order valence-corrected chi connectivity index (χ4v) is 8.13. The maximum atomic E-state index is 8.54. The molecule has 9 rings (SSSR count). The molecule has 3 aromatic heterocycles. The molecule has 0 atom stereocenters. The average molecular weight is 983 g/mol. The molecule has 4 heteroatoms. The summed E-state index contributed by atoms with van der Waals surface area (Å²) >= 11 is 0. The minimum absolute atomic E-state index is 0. The molecule has 0 aliphatic heterocycles. The standard InChI is InChI=1S/C42H40NO.C15H16N.Ir/c1-23(2)30-18-33(24(3)4)41(34(19-30)25(5)6)35-20-38(43-22-27(35)8)32-16-13-26(7)40-37-17-29-15-14-28-11-9-10-12-31(28)36(29)21-39(37)44-42(32)40;1-15(2,3)13-9-10-14(16-11-13)12-7-5-4-6-8-12;/h9-15,17-25H,1-8H3;4-7,9-11H,1-3H3;/q2*-1;/i7D3,8D3;;. The van der Waals surface area contributed by atoms with Crippen molar-refractivity contribution in [3.8, 4) is 33.6 Å². The van der Waals surface area contributed by atoms with Crippen LogP contribution in [0.5, 0.6) is 0 Å². The molecule has 61 heavy (non-hydrogen) atoms. The Morgan fingerprint density at radius 3 is 1.98 bits per heavy atom. The summed E-state index contributed by atoms with van der Waals surface area (Å²) in [6.07, 6.45) is 3.40. The number of fused-ring (bicyclic) bond motifs is 6. The number of hydrogen-bond acceptors (Lipinski definition) is 3. The van der Waals surface area contributed by atoms with Crippen molar-refractivity contribution < 1.29 is 32.7 Å². The van der Waals surface area contributed by atoms with E-state index in [1.807, 2.05) is 66.9 Å². The third-order valence-corrected chi connectivity index (χ3v) is 11.6. The van der Waals surface area contributed by atoms with Crippen LogP contribution in [0, 0.1) is 25.8 Å². The topological polar surface area (TPSA) is 38.9 Å². The van der Waals surface area contributed by atoms with Crippen molar-refractivity contribution >= 4 is 43.5 Å². The first-order valence-corrected chi connectivity index (χ1v) is 21.0. The maximum absolute atomic E-state index is 8.54. The van der Waals surface area contributed by atoms with Crippen LogP contribution in [0.1, 0.15) is 122 Å². The van der Waals surface area contributed by atoms with E-state index in [1.54, 1.807) is 0 Å². The number of furan rings is 1. The van der Waals surface area contributed by atoms with Gasteiger partial charge in [-0.15, -0.1) is 53.6 Å². The van der Waals surface area contributed by atoms with E-state index in [-0.39, 0.29) is 48.5 Å². The van der Waals surface area contributed by atoms with Crippen molar-refractivity contribution in [2.24, 2.45) is 0 Å². The van der Waals surface area contributed by atoms with Gasteiger partial charge in [-0.2, -0.15) is 0 Å². The molecule has 0 aliphatic rings. The van der Waals surface area contributed by atoms with Gasteiger partial charge in [0.15, 0.2) is 0 Å². The molecule has 0 aliphatic carbocycles. The first-order chi connectivity index (χ1) is 31.1. The van der Waals surface area contributed by atoms with Crippen LogP contribution in [0.15, 0.2) is 126 Å². The molecule has 0 spiro atoms. The molecule has 9 aromatic rings. The monoisotopic (exact) mass is 983 g/mol. The van der Waals surface area contributed by atoms with Crippen LogP contribution in [0.2, 0.25) is 0 Å². The van der Waals surface area contributed by atoms with Gasteiger partial charge in [-0.05, 0) is 114 Å². The summed E-state index contributed by atoms with van der Waals surface area (Å²) in [5.74, 6) is 0.552. The second-order valence-electron chi connectivity index (χ2n) is 17.9. The molecular formula is C57H56IrN2O-2. The Balaban J connectivity index is 0.000000331. The van der Waals surface area contributed by atoms with E-state index in [9.17, 15) is 0 Å². The molecule has 0 N–H and O–H groups in total. The van der Waals surface area contributed by atoms with E-state index in [0.717, 1.165) is 49.5 Å². The molecule has 0 unspecified atom stereocenters. The van der Waals surface area contributed by atoms with E-state index < -0.39 is 13.7 Å². The molecule has 0 fully saturated rings. The van der Waals surface area contributed by atoms with Crippen molar-refractivity contribution in [3.05, 3.63) is 167 Å². The number of benzene rings is 6. The summed E-state index contributed by atoms with van der Waals surface area (Å²) in [6, 6.07) is 42.5. The zero-order valence-corrected chi connectivity index (χ0v) is 38.8. The predicted octanol–water partition coefficient (Wildman–Crippen LogP) is 16.3. The van der Waals surface area contributed by atoms with E-state index >= 15 is 0 Å². The van der Waals surface area contributed by atoms with Crippen molar-refractivity contribution in [3.63, 3.8) is 0 Å². The van der Waals surface area contributed by atoms with Gasteiger partial charge in [0, 0.05) is 46.1 Å². The number of nitrogens with zero attached hydrogens (tertiary/aromatic N) is 2. The van der Waals surface area contributed by atoms with Crippen molar-refractivity contribution in [1.29, 1.82) is 0 Å². The van der Waals surface area contributed by atoms with E-state index in [0.29, 0.717) is 44.7 Å². The first kappa shape index (κ1) is 36.3. The summed E-state index contributed by atoms with van der Waals surface area (Å²) in [4.78, 5) is 9.20. The summed E-state index contributed by atoms with van der Waals surface area (Å²) in [5.41, 5.74) is 10.5. The maximum Gasteiger partial charge on any atom is 0.121 e. The van der Waals surface area contributed by atoms with Gasteiger partial charge in [0.2, 0.25) is 0 Å². The molecular weight excluding hydrogens is 921 g/mol.